The zero-order valence-electron chi connectivity index (χ0n) is 11.3. The maximum absolute atomic E-state index is 11.2. The number of hydrogen-bond donors (Lipinski definition) is 1. The van der Waals surface area contributed by atoms with Crippen LogP contribution in [0.5, 0.6) is 0 Å². The van der Waals surface area contributed by atoms with Gasteiger partial charge in [0.25, 0.3) is 0 Å². The van der Waals surface area contributed by atoms with Crippen molar-refractivity contribution < 1.29 is 19.0 Å². The van der Waals surface area contributed by atoms with Gasteiger partial charge in [0.05, 0.1) is 6.04 Å². The molecule has 3 atom stereocenters. The van der Waals surface area contributed by atoms with Crippen LogP contribution in [0.25, 0.3) is 0 Å². The molecular formula is C14H16BrNO4. The Labute approximate surface area is 125 Å². The smallest absolute Gasteiger partial charge is 0.407 e. The zero-order valence-corrected chi connectivity index (χ0v) is 12.8. The first-order valence-corrected chi connectivity index (χ1v) is 7.28. The van der Waals surface area contributed by atoms with Crippen molar-refractivity contribution in [3.8, 4) is 0 Å². The summed E-state index contributed by atoms with van der Waals surface area (Å²) >= 11 is 3.42. The van der Waals surface area contributed by atoms with Crippen molar-refractivity contribution in [2.75, 3.05) is 6.61 Å². The molecule has 2 fully saturated rings. The molecule has 1 aromatic rings. The van der Waals surface area contributed by atoms with Gasteiger partial charge in [-0.05, 0) is 31.5 Å². The van der Waals surface area contributed by atoms with Crippen molar-refractivity contribution in [3.05, 3.63) is 34.3 Å². The van der Waals surface area contributed by atoms with Crippen LogP contribution >= 0.6 is 15.9 Å². The number of hydrogen-bond acceptors (Lipinski definition) is 4. The summed E-state index contributed by atoms with van der Waals surface area (Å²) in [6.45, 7) is 4.04. The van der Waals surface area contributed by atoms with Gasteiger partial charge in [0.15, 0.2) is 5.79 Å². The lowest BCUT2D eigenvalue weighted by atomic mass is 9.99. The Bertz CT molecular complexity index is 516. The summed E-state index contributed by atoms with van der Waals surface area (Å²) in [6, 6.07) is 7.71. The minimum atomic E-state index is -0.685. The van der Waals surface area contributed by atoms with E-state index in [0.29, 0.717) is 6.61 Å². The number of amides is 1. The van der Waals surface area contributed by atoms with E-state index in [1.54, 1.807) is 0 Å². The van der Waals surface area contributed by atoms with Gasteiger partial charge in [0, 0.05) is 4.47 Å². The van der Waals surface area contributed by atoms with E-state index in [1.807, 2.05) is 38.1 Å². The number of ether oxygens (including phenoxy) is 3. The molecule has 1 aromatic carbocycles. The van der Waals surface area contributed by atoms with Crippen molar-refractivity contribution >= 4 is 22.0 Å². The van der Waals surface area contributed by atoms with Crippen LogP contribution in [0.15, 0.2) is 28.7 Å². The number of halogens is 1. The van der Waals surface area contributed by atoms with Crippen LogP contribution in [0, 0.1) is 0 Å². The largest absolute Gasteiger partial charge is 0.447 e. The predicted molar refractivity (Wildman–Crippen MR) is 75.2 cm³/mol. The highest BCUT2D eigenvalue weighted by atomic mass is 79.9. The molecule has 20 heavy (non-hydrogen) atoms. The lowest BCUT2D eigenvalue weighted by molar-refractivity contribution is -0.148. The van der Waals surface area contributed by atoms with Gasteiger partial charge in [-0.15, -0.1) is 0 Å². The van der Waals surface area contributed by atoms with E-state index in [4.69, 9.17) is 14.2 Å². The van der Waals surface area contributed by atoms with Crippen LogP contribution in [0.1, 0.15) is 25.5 Å². The lowest BCUT2D eigenvalue weighted by Gasteiger charge is -2.21. The Balaban J connectivity index is 1.86. The second-order valence-corrected chi connectivity index (χ2v) is 6.34. The standard InChI is InChI=1S/C14H16BrNO4/c1-14(2)19-11(8-3-5-9(15)6-4-8)12(20-14)10-7-18-13(17)16-10/h3-6,10-12H,7H2,1-2H3,(H,16,17)/t10-,11-,12-/m1/s1. The molecule has 108 valence electrons. The van der Waals surface area contributed by atoms with Crippen molar-refractivity contribution in [2.24, 2.45) is 0 Å². The van der Waals surface area contributed by atoms with Gasteiger partial charge in [0.2, 0.25) is 0 Å². The SMILES string of the molecule is CC1(C)O[C@H]([C@H]2COC(=O)N2)[C@@H](c2ccc(Br)cc2)O1. The normalized spacial score (nSPS) is 31.9. The van der Waals surface area contributed by atoms with Crippen LogP contribution in [-0.2, 0) is 14.2 Å². The van der Waals surface area contributed by atoms with E-state index < -0.39 is 11.9 Å². The summed E-state index contributed by atoms with van der Waals surface area (Å²) < 4.78 is 17.9. The van der Waals surface area contributed by atoms with Crippen molar-refractivity contribution in [1.82, 2.24) is 5.32 Å². The van der Waals surface area contributed by atoms with Gasteiger partial charge in [-0.25, -0.2) is 4.79 Å². The first-order valence-electron chi connectivity index (χ1n) is 6.49. The highest BCUT2D eigenvalue weighted by molar-refractivity contribution is 9.10. The molecule has 2 saturated heterocycles. The first-order chi connectivity index (χ1) is 9.44. The fourth-order valence-corrected chi connectivity index (χ4v) is 2.83. The van der Waals surface area contributed by atoms with Crippen molar-refractivity contribution in [1.29, 1.82) is 0 Å². The number of rotatable bonds is 2. The molecule has 0 spiro atoms. The average molecular weight is 342 g/mol. The Morgan fingerprint density at radius 3 is 2.55 bits per heavy atom. The van der Waals surface area contributed by atoms with Crippen molar-refractivity contribution in [2.45, 2.75) is 37.9 Å². The van der Waals surface area contributed by atoms with Gasteiger partial charge in [-0.3, -0.25) is 0 Å². The third kappa shape index (κ3) is 2.68. The number of benzene rings is 1. The molecule has 6 heteroatoms. The van der Waals surface area contributed by atoms with Gasteiger partial charge < -0.3 is 19.5 Å². The minimum Gasteiger partial charge on any atom is -0.447 e. The number of alkyl carbamates (subject to hydrolysis) is 1. The molecule has 5 nitrogen and oxygen atoms in total. The van der Waals surface area contributed by atoms with Crippen LogP contribution < -0.4 is 5.32 Å². The number of nitrogens with one attached hydrogen (secondary N) is 1. The summed E-state index contributed by atoms with van der Waals surface area (Å²) in [7, 11) is 0. The van der Waals surface area contributed by atoms with Gasteiger partial charge >= 0.3 is 6.09 Å². The zero-order chi connectivity index (χ0) is 14.3. The third-order valence-electron chi connectivity index (χ3n) is 3.42. The van der Waals surface area contributed by atoms with Gasteiger partial charge in [-0.1, -0.05) is 28.1 Å². The minimum absolute atomic E-state index is 0.196. The second kappa shape index (κ2) is 5.02. The molecule has 2 aliphatic heterocycles. The Morgan fingerprint density at radius 1 is 1.25 bits per heavy atom. The number of carbonyl (C=O) groups is 1. The fourth-order valence-electron chi connectivity index (χ4n) is 2.57. The lowest BCUT2D eigenvalue weighted by Crippen LogP contribution is -2.41. The van der Waals surface area contributed by atoms with E-state index >= 15 is 0 Å². The van der Waals surface area contributed by atoms with Crippen LogP contribution in [0.4, 0.5) is 4.79 Å². The Hall–Kier alpha value is -1.11. The number of carbonyl (C=O) groups excluding carboxylic acids is 1. The molecule has 0 saturated carbocycles. The highest BCUT2D eigenvalue weighted by Gasteiger charge is 2.48. The summed E-state index contributed by atoms with van der Waals surface area (Å²) in [5, 5.41) is 2.77. The molecule has 1 amide bonds. The summed E-state index contributed by atoms with van der Waals surface area (Å²) in [5.41, 5.74) is 1.02. The maximum atomic E-state index is 11.2. The molecule has 0 bridgehead atoms. The molecular weight excluding hydrogens is 326 g/mol. The van der Waals surface area contributed by atoms with Crippen LogP contribution in [-0.4, -0.2) is 30.6 Å². The average Bonchev–Trinajstić information content (AvgIpc) is 2.94. The molecule has 2 heterocycles. The van der Waals surface area contributed by atoms with E-state index in [0.717, 1.165) is 10.0 Å². The third-order valence-corrected chi connectivity index (χ3v) is 3.95. The van der Waals surface area contributed by atoms with E-state index in [1.165, 1.54) is 0 Å². The van der Waals surface area contributed by atoms with Crippen molar-refractivity contribution in [3.63, 3.8) is 0 Å². The highest BCUT2D eigenvalue weighted by Crippen LogP contribution is 2.40. The summed E-state index contributed by atoms with van der Waals surface area (Å²) in [6.07, 6.45) is -0.902. The first kappa shape index (κ1) is 13.9. The topological polar surface area (TPSA) is 56.8 Å². The molecule has 1 N–H and O–H groups in total. The summed E-state index contributed by atoms with van der Waals surface area (Å²) in [5.74, 6) is -0.685. The van der Waals surface area contributed by atoms with Gasteiger partial charge in [-0.2, -0.15) is 0 Å². The van der Waals surface area contributed by atoms with Gasteiger partial charge in [0.1, 0.15) is 18.8 Å². The molecule has 0 radical (unpaired) electrons. The fraction of sp³-hybridized carbons (Fsp3) is 0.500. The van der Waals surface area contributed by atoms with E-state index in [2.05, 4.69) is 21.2 Å². The van der Waals surface area contributed by atoms with Crippen LogP contribution in [0.2, 0.25) is 0 Å². The second-order valence-electron chi connectivity index (χ2n) is 5.42. The summed E-state index contributed by atoms with van der Waals surface area (Å²) in [4.78, 5) is 11.2. The van der Waals surface area contributed by atoms with E-state index in [9.17, 15) is 4.79 Å². The number of cyclic esters (lactones) is 1. The van der Waals surface area contributed by atoms with E-state index in [-0.39, 0.29) is 18.2 Å². The monoisotopic (exact) mass is 341 g/mol. The van der Waals surface area contributed by atoms with Crippen LogP contribution in [0.3, 0.4) is 0 Å². The quantitative estimate of drug-likeness (QED) is 0.898. The molecule has 2 aliphatic rings. The molecule has 3 rings (SSSR count). The Morgan fingerprint density at radius 2 is 1.95 bits per heavy atom. The molecule has 0 aromatic heterocycles. The maximum Gasteiger partial charge on any atom is 0.407 e. The predicted octanol–water partition coefficient (Wildman–Crippen LogP) is 2.75. The molecule has 0 unspecified atom stereocenters. The Kier molecular flexibility index (Phi) is 3.48. The molecule has 0 aliphatic carbocycles.